The van der Waals surface area contributed by atoms with Gasteiger partial charge in [0.2, 0.25) is 0 Å². The van der Waals surface area contributed by atoms with Gasteiger partial charge in [0.05, 0.1) is 17.8 Å². The van der Waals surface area contributed by atoms with Gasteiger partial charge in [0.15, 0.2) is 0 Å². The molecule has 4 heteroatoms. The lowest BCUT2D eigenvalue weighted by molar-refractivity contribution is 0.192. The van der Waals surface area contributed by atoms with Crippen molar-refractivity contribution in [2.24, 2.45) is 0 Å². The van der Waals surface area contributed by atoms with E-state index in [0.29, 0.717) is 6.61 Å². The Kier molecular flexibility index (Phi) is 6.44. The van der Waals surface area contributed by atoms with Crippen molar-refractivity contribution in [1.29, 1.82) is 0 Å². The highest BCUT2D eigenvalue weighted by Crippen LogP contribution is 2.19. The van der Waals surface area contributed by atoms with Crippen LogP contribution in [0.5, 0.6) is 5.75 Å². The van der Waals surface area contributed by atoms with Crippen LogP contribution < -0.4 is 10.1 Å². The largest absolute Gasteiger partial charge is 0.494 e. The summed E-state index contributed by atoms with van der Waals surface area (Å²) >= 11 is 0. The molecule has 2 aromatic rings. The fraction of sp³-hybridized carbons (Fsp3) is 0.471. The number of aromatic nitrogens is 1. The van der Waals surface area contributed by atoms with E-state index in [2.05, 4.69) is 22.4 Å². The lowest BCUT2D eigenvalue weighted by Crippen LogP contribution is -2.16. The molecule has 0 radical (unpaired) electrons. The highest BCUT2D eigenvalue weighted by molar-refractivity contribution is 5.80. The molecule has 2 rings (SSSR count). The SMILES string of the molecule is CCOc1ccc2nc(CNCCCCOC)ccc2c1. The second-order valence-electron chi connectivity index (χ2n) is 4.97. The number of hydrogen-bond acceptors (Lipinski definition) is 4. The Morgan fingerprint density at radius 2 is 2.05 bits per heavy atom. The Balaban J connectivity index is 1.88. The van der Waals surface area contributed by atoms with Gasteiger partial charge in [0.25, 0.3) is 0 Å². The highest BCUT2D eigenvalue weighted by atomic mass is 16.5. The maximum absolute atomic E-state index is 5.51. The van der Waals surface area contributed by atoms with Crippen molar-refractivity contribution in [3.05, 3.63) is 36.0 Å². The van der Waals surface area contributed by atoms with Gasteiger partial charge in [-0.3, -0.25) is 4.98 Å². The minimum Gasteiger partial charge on any atom is -0.494 e. The summed E-state index contributed by atoms with van der Waals surface area (Å²) in [4.78, 5) is 4.67. The summed E-state index contributed by atoms with van der Waals surface area (Å²) in [5.41, 5.74) is 2.08. The Bertz CT molecular complexity index is 557. The number of fused-ring (bicyclic) bond motifs is 1. The number of benzene rings is 1. The number of hydrogen-bond donors (Lipinski definition) is 1. The molecule has 0 aliphatic heterocycles. The molecule has 0 saturated carbocycles. The van der Waals surface area contributed by atoms with Crippen LogP contribution in [0.1, 0.15) is 25.5 Å². The number of nitrogens with one attached hydrogen (secondary N) is 1. The van der Waals surface area contributed by atoms with E-state index in [0.717, 1.165) is 54.9 Å². The average Bonchev–Trinajstić information content (AvgIpc) is 2.51. The molecule has 1 aromatic carbocycles. The third-order valence-electron chi connectivity index (χ3n) is 3.29. The van der Waals surface area contributed by atoms with Gasteiger partial charge >= 0.3 is 0 Å². The summed E-state index contributed by atoms with van der Waals surface area (Å²) in [6, 6.07) is 10.2. The molecule has 0 aliphatic rings. The van der Waals surface area contributed by atoms with E-state index in [1.165, 1.54) is 0 Å². The molecule has 0 bridgehead atoms. The quantitative estimate of drug-likeness (QED) is 0.720. The number of unbranched alkanes of at least 4 members (excludes halogenated alkanes) is 1. The Morgan fingerprint density at radius 3 is 2.86 bits per heavy atom. The molecule has 0 spiro atoms. The van der Waals surface area contributed by atoms with Gasteiger partial charge in [0, 0.05) is 25.6 Å². The van der Waals surface area contributed by atoms with Crippen molar-refractivity contribution in [2.45, 2.75) is 26.3 Å². The van der Waals surface area contributed by atoms with Crippen molar-refractivity contribution < 1.29 is 9.47 Å². The molecular weight excluding hydrogens is 264 g/mol. The van der Waals surface area contributed by atoms with E-state index in [1.807, 2.05) is 25.1 Å². The van der Waals surface area contributed by atoms with Gasteiger partial charge in [-0.25, -0.2) is 0 Å². The van der Waals surface area contributed by atoms with E-state index < -0.39 is 0 Å². The first-order valence-electron chi connectivity index (χ1n) is 7.55. The monoisotopic (exact) mass is 288 g/mol. The second-order valence-corrected chi connectivity index (χ2v) is 4.97. The normalized spacial score (nSPS) is 11.0. The Morgan fingerprint density at radius 1 is 1.14 bits per heavy atom. The van der Waals surface area contributed by atoms with E-state index in [1.54, 1.807) is 7.11 Å². The molecule has 1 aromatic heterocycles. The molecule has 0 amide bonds. The van der Waals surface area contributed by atoms with Crippen LogP contribution in [-0.2, 0) is 11.3 Å². The third-order valence-corrected chi connectivity index (χ3v) is 3.29. The molecule has 4 nitrogen and oxygen atoms in total. The average molecular weight is 288 g/mol. The number of rotatable bonds is 9. The van der Waals surface area contributed by atoms with Gasteiger partial charge in [-0.1, -0.05) is 6.07 Å². The summed E-state index contributed by atoms with van der Waals surface area (Å²) in [6.07, 6.45) is 2.22. The molecule has 114 valence electrons. The Hall–Kier alpha value is -1.65. The van der Waals surface area contributed by atoms with Crippen LogP contribution in [0.4, 0.5) is 0 Å². The molecule has 0 fully saturated rings. The van der Waals surface area contributed by atoms with E-state index in [9.17, 15) is 0 Å². The molecular formula is C17H24N2O2. The molecule has 1 heterocycles. The van der Waals surface area contributed by atoms with Crippen molar-refractivity contribution in [1.82, 2.24) is 10.3 Å². The molecule has 0 unspecified atom stereocenters. The van der Waals surface area contributed by atoms with E-state index in [-0.39, 0.29) is 0 Å². The lowest BCUT2D eigenvalue weighted by atomic mass is 10.2. The maximum atomic E-state index is 5.51. The highest BCUT2D eigenvalue weighted by Gasteiger charge is 2.01. The van der Waals surface area contributed by atoms with Crippen LogP contribution >= 0.6 is 0 Å². The predicted octanol–water partition coefficient (Wildman–Crippen LogP) is 3.15. The molecule has 0 atom stereocenters. The van der Waals surface area contributed by atoms with Crippen LogP contribution in [0.2, 0.25) is 0 Å². The van der Waals surface area contributed by atoms with E-state index >= 15 is 0 Å². The van der Waals surface area contributed by atoms with Crippen molar-refractivity contribution in [3.63, 3.8) is 0 Å². The van der Waals surface area contributed by atoms with Crippen LogP contribution in [0, 0.1) is 0 Å². The second kappa shape index (κ2) is 8.60. The van der Waals surface area contributed by atoms with Gasteiger partial charge in [-0.05, 0) is 50.6 Å². The fourth-order valence-electron chi connectivity index (χ4n) is 2.21. The van der Waals surface area contributed by atoms with Crippen molar-refractivity contribution in [3.8, 4) is 5.75 Å². The summed E-state index contributed by atoms with van der Waals surface area (Å²) in [7, 11) is 1.74. The van der Waals surface area contributed by atoms with Crippen LogP contribution in [0.25, 0.3) is 10.9 Å². The van der Waals surface area contributed by atoms with Gasteiger partial charge in [0.1, 0.15) is 5.75 Å². The standard InChI is InChI=1S/C17H24N2O2/c1-3-21-16-8-9-17-14(12-16)6-7-15(19-17)13-18-10-4-5-11-20-2/h6-9,12,18H,3-5,10-11,13H2,1-2H3. The van der Waals surface area contributed by atoms with Crippen molar-refractivity contribution >= 4 is 10.9 Å². The van der Waals surface area contributed by atoms with Gasteiger partial charge in [-0.2, -0.15) is 0 Å². The smallest absolute Gasteiger partial charge is 0.120 e. The summed E-state index contributed by atoms with van der Waals surface area (Å²) < 4.78 is 10.5. The topological polar surface area (TPSA) is 43.4 Å². The molecule has 21 heavy (non-hydrogen) atoms. The van der Waals surface area contributed by atoms with Crippen LogP contribution in [-0.4, -0.2) is 31.9 Å². The maximum Gasteiger partial charge on any atom is 0.120 e. The first-order chi connectivity index (χ1) is 10.3. The number of methoxy groups -OCH3 is 1. The summed E-state index contributed by atoms with van der Waals surface area (Å²) in [5.74, 6) is 0.899. The Labute approximate surface area is 126 Å². The van der Waals surface area contributed by atoms with E-state index in [4.69, 9.17) is 9.47 Å². The minimum atomic E-state index is 0.685. The van der Waals surface area contributed by atoms with Gasteiger partial charge in [-0.15, -0.1) is 0 Å². The zero-order valence-corrected chi connectivity index (χ0v) is 12.9. The first kappa shape index (κ1) is 15.7. The fourth-order valence-corrected chi connectivity index (χ4v) is 2.21. The van der Waals surface area contributed by atoms with Crippen LogP contribution in [0.15, 0.2) is 30.3 Å². The van der Waals surface area contributed by atoms with Crippen LogP contribution in [0.3, 0.4) is 0 Å². The first-order valence-corrected chi connectivity index (χ1v) is 7.55. The molecule has 0 saturated heterocycles. The van der Waals surface area contributed by atoms with Crippen molar-refractivity contribution in [2.75, 3.05) is 26.9 Å². The predicted molar refractivity (Wildman–Crippen MR) is 85.7 cm³/mol. The van der Waals surface area contributed by atoms with Gasteiger partial charge < -0.3 is 14.8 Å². The lowest BCUT2D eigenvalue weighted by Gasteiger charge is -2.07. The third kappa shape index (κ3) is 4.99. The summed E-state index contributed by atoms with van der Waals surface area (Å²) in [6.45, 7) is 5.30. The molecule has 1 N–H and O–H groups in total. The number of pyridine rings is 1. The minimum absolute atomic E-state index is 0.685. The zero-order valence-electron chi connectivity index (χ0n) is 12.9. The summed E-state index contributed by atoms with van der Waals surface area (Å²) in [5, 5.41) is 4.53. The molecule has 0 aliphatic carbocycles. The number of nitrogens with zero attached hydrogens (tertiary/aromatic N) is 1. The number of ether oxygens (including phenoxy) is 2. The zero-order chi connectivity index (χ0) is 14.9.